The van der Waals surface area contributed by atoms with Gasteiger partial charge in [0.1, 0.15) is 0 Å². The number of halogens is 1. The Morgan fingerprint density at radius 2 is 2.32 bits per heavy atom. The lowest BCUT2D eigenvalue weighted by Gasteiger charge is -2.38. The fourth-order valence-corrected chi connectivity index (χ4v) is 2.67. The summed E-state index contributed by atoms with van der Waals surface area (Å²) in [6.45, 7) is 5.06. The van der Waals surface area contributed by atoms with E-state index < -0.39 is 0 Å². The van der Waals surface area contributed by atoms with Gasteiger partial charge in [-0.3, -0.25) is 4.79 Å². The number of nitrogens with zero attached hydrogens (tertiary/aromatic N) is 2. The topological polar surface area (TPSA) is 71.2 Å². The van der Waals surface area contributed by atoms with Gasteiger partial charge in [0, 0.05) is 18.8 Å². The van der Waals surface area contributed by atoms with Crippen molar-refractivity contribution < 1.29 is 4.79 Å². The van der Waals surface area contributed by atoms with E-state index in [-0.39, 0.29) is 11.9 Å². The van der Waals surface area contributed by atoms with Crippen molar-refractivity contribution >= 4 is 23.3 Å². The Morgan fingerprint density at radius 3 is 2.95 bits per heavy atom. The van der Waals surface area contributed by atoms with Crippen molar-refractivity contribution in [3.05, 3.63) is 22.8 Å². The first-order valence-electron chi connectivity index (χ1n) is 6.47. The molecule has 0 aliphatic carbocycles. The van der Waals surface area contributed by atoms with Crippen LogP contribution in [0, 0.1) is 5.92 Å². The monoisotopic (exact) mass is 282 g/mol. The Morgan fingerprint density at radius 1 is 1.58 bits per heavy atom. The molecule has 1 saturated heterocycles. The lowest BCUT2D eigenvalue weighted by atomic mass is 9.91. The zero-order valence-corrected chi connectivity index (χ0v) is 11.9. The van der Waals surface area contributed by atoms with Crippen LogP contribution in [0.4, 0.5) is 5.82 Å². The number of likely N-dealkylation sites (tertiary alicyclic amines) is 1. The van der Waals surface area contributed by atoms with E-state index in [4.69, 9.17) is 17.4 Å². The Hall–Kier alpha value is -1.33. The van der Waals surface area contributed by atoms with Gasteiger partial charge in [0.2, 0.25) is 0 Å². The van der Waals surface area contributed by atoms with E-state index >= 15 is 0 Å². The number of nitrogens with two attached hydrogens (primary N) is 1. The molecular weight excluding hydrogens is 264 g/mol. The molecule has 1 fully saturated rings. The van der Waals surface area contributed by atoms with E-state index in [0.29, 0.717) is 22.3 Å². The molecule has 2 unspecified atom stereocenters. The van der Waals surface area contributed by atoms with Crippen molar-refractivity contribution in [2.24, 2.45) is 11.8 Å². The number of anilines is 1. The Bertz CT molecular complexity index is 480. The molecule has 2 heterocycles. The van der Waals surface area contributed by atoms with Crippen LogP contribution in [0.1, 0.15) is 37.0 Å². The van der Waals surface area contributed by atoms with Crippen molar-refractivity contribution in [2.45, 2.75) is 32.7 Å². The predicted octanol–water partition coefficient (Wildman–Crippen LogP) is 2.28. The number of amides is 1. The highest BCUT2D eigenvalue weighted by Crippen LogP contribution is 2.26. The molecule has 0 saturated carbocycles. The molecule has 1 aliphatic heterocycles. The Kier molecular flexibility index (Phi) is 4.27. The number of nitrogen functional groups attached to an aromatic ring is 1. The highest BCUT2D eigenvalue weighted by Gasteiger charge is 2.29. The maximum atomic E-state index is 12.5. The fourth-order valence-electron chi connectivity index (χ4n) is 2.45. The van der Waals surface area contributed by atoms with Crippen LogP contribution in [0.2, 0.25) is 5.02 Å². The van der Waals surface area contributed by atoms with Crippen molar-refractivity contribution in [3.8, 4) is 0 Å². The van der Waals surface area contributed by atoms with E-state index in [1.165, 1.54) is 12.6 Å². The Labute approximate surface area is 118 Å². The zero-order valence-electron chi connectivity index (χ0n) is 11.2. The molecule has 1 aromatic rings. The fraction of sp³-hybridized carbons (Fsp3) is 0.538. The number of hydrazine groups is 1. The van der Waals surface area contributed by atoms with Gasteiger partial charge in [0.25, 0.3) is 5.91 Å². The van der Waals surface area contributed by atoms with Gasteiger partial charge in [0.05, 0.1) is 10.6 Å². The molecule has 5 nitrogen and oxygen atoms in total. The van der Waals surface area contributed by atoms with Crippen molar-refractivity contribution in [2.75, 3.05) is 12.0 Å². The Balaban J connectivity index is 2.21. The van der Waals surface area contributed by atoms with Crippen LogP contribution in [0.3, 0.4) is 0 Å². The van der Waals surface area contributed by atoms with Crippen molar-refractivity contribution in [3.63, 3.8) is 0 Å². The number of hydrogen-bond donors (Lipinski definition) is 2. The second-order valence-electron chi connectivity index (χ2n) is 5.06. The second-order valence-corrected chi connectivity index (χ2v) is 5.46. The van der Waals surface area contributed by atoms with E-state index in [1.807, 2.05) is 4.90 Å². The normalized spacial score (nSPS) is 23.3. The summed E-state index contributed by atoms with van der Waals surface area (Å²) in [5.41, 5.74) is 2.89. The summed E-state index contributed by atoms with van der Waals surface area (Å²) >= 11 is 6.00. The summed E-state index contributed by atoms with van der Waals surface area (Å²) in [7, 11) is 0. The van der Waals surface area contributed by atoms with Crippen molar-refractivity contribution in [1.82, 2.24) is 9.88 Å². The average molecular weight is 283 g/mol. The number of carbonyl (C=O) groups excluding carboxylic acids is 1. The summed E-state index contributed by atoms with van der Waals surface area (Å²) in [6.07, 6.45) is 3.72. The van der Waals surface area contributed by atoms with Gasteiger partial charge < -0.3 is 10.3 Å². The third-order valence-electron chi connectivity index (χ3n) is 3.86. The van der Waals surface area contributed by atoms with E-state index in [0.717, 1.165) is 13.0 Å². The molecular formula is C13H19ClN4O. The molecule has 1 aromatic heterocycles. The van der Waals surface area contributed by atoms with Crippen LogP contribution in [0.15, 0.2) is 12.3 Å². The van der Waals surface area contributed by atoms with Gasteiger partial charge in [-0.25, -0.2) is 10.8 Å². The van der Waals surface area contributed by atoms with Crippen LogP contribution < -0.4 is 11.3 Å². The number of rotatable bonds is 2. The summed E-state index contributed by atoms with van der Waals surface area (Å²) < 4.78 is 0. The minimum Gasteiger partial charge on any atom is -0.336 e. The summed E-state index contributed by atoms with van der Waals surface area (Å²) in [4.78, 5) is 18.4. The number of hydrogen-bond acceptors (Lipinski definition) is 4. The molecule has 0 spiro atoms. The molecule has 19 heavy (non-hydrogen) atoms. The molecule has 0 bridgehead atoms. The highest BCUT2D eigenvalue weighted by atomic mass is 35.5. The molecule has 3 N–H and O–H groups in total. The molecule has 2 rings (SSSR count). The number of pyridine rings is 1. The van der Waals surface area contributed by atoms with E-state index in [9.17, 15) is 4.79 Å². The molecule has 0 radical (unpaired) electrons. The zero-order chi connectivity index (χ0) is 14.0. The number of piperidine rings is 1. The summed E-state index contributed by atoms with van der Waals surface area (Å²) in [5.74, 6) is 6.14. The first-order valence-corrected chi connectivity index (χ1v) is 6.85. The first kappa shape index (κ1) is 14.1. The maximum Gasteiger partial charge on any atom is 0.255 e. The average Bonchev–Trinajstić information content (AvgIpc) is 2.41. The van der Waals surface area contributed by atoms with E-state index in [1.54, 1.807) is 6.07 Å². The number of nitrogens with one attached hydrogen (secondary N) is 1. The molecule has 0 aromatic carbocycles. The van der Waals surface area contributed by atoms with Crippen LogP contribution in [-0.2, 0) is 0 Å². The van der Waals surface area contributed by atoms with E-state index in [2.05, 4.69) is 24.3 Å². The lowest BCUT2D eigenvalue weighted by molar-refractivity contribution is 0.0550. The highest BCUT2D eigenvalue weighted by molar-refractivity contribution is 6.33. The maximum absolute atomic E-state index is 12.5. The van der Waals surface area contributed by atoms with Gasteiger partial charge in [-0.1, -0.05) is 18.5 Å². The third kappa shape index (κ3) is 2.82. The number of carbonyl (C=O) groups is 1. The quantitative estimate of drug-likeness (QED) is 0.645. The van der Waals surface area contributed by atoms with Gasteiger partial charge in [-0.05, 0) is 31.7 Å². The van der Waals surface area contributed by atoms with Crippen LogP contribution in [0.25, 0.3) is 0 Å². The standard InChI is InChI=1S/C13H19ClN4O/c1-8-4-3-5-18(9(8)2)13(19)10-6-11(14)12(17-15)16-7-10/h6-9H,3-5,15H2,1-2H3,(H,16,17). The van der Waals surface area contributed by atoms with Crippen LogP contribution >= 0.6 is 11.6 Å². The van der Waals surface area contributed by atoms with Crippen LogP contribution in [0.5, 0.6) is 0 Å². The van der Waals surface area contributed by atoms with Gasteiger partial charge in [-0.2, -0.15) is 0 Å². The first-order chi connectivity index (χ1) is 9.04. The van der Waals surface area contributed by atoms with Gasteiger partial charge in [-0.15, -0.1) is 0 Å². The van der Waals surface area contributed by atoms with Crippen LogP contribution in [-0.4, -0.2) is 28.4 Å². The second kappa shape index (κ2) is 5.75. The molecule has 1 amide bonds. The molecule has 1 aliphatic rings. The predicted molar refractivity (Wildman–Crippen MR) is 76.0 cm³/mol. The van der Waals surface area contributed by atoms with Gasteiger partial charge in [0.15, 0.2) is 5.82 Å². The largest absolute Gasteiger partial charge is 0.336 e. The van der Waals surface area contributed by atoms with Crippen molar-refractivity contribution in [1.29, 1.82) is 0 Å². The lowest BCUT2D eigenvalue weighted by Crippen LogP contribution is -2.46. The van der Waals surface area contributed by atoms with Gasteiger partial charge >= 0.3 is 0 Å². The minimum atomic E-state index is -0.0166. The molecule has 104 valence electrons. The third-order valence-corrected chi connectivity index (χ3v) is 4.15. The molecule has 2 atom stereocenters. The minimum absolute atomic E-state index is 0.0166. The number of aromatic nitrogens is 1. The summed E-state index contributed by atoms with van der Waals surface area (Å²) in [6, 6.07) is 1.85. The SMILES string of the molecule is CC1CCCN(C(=O)c2cnc(NN)c(Cl)c2)C1C. The molecule has 6 heteroatoms. The smallest absolute Gasteiger partial charge is 0.255 e. The summed E-state index contributed by atoms with van der Waals surface area (Å²) in [5, 5.41) is 0.353.